The van der Waals surface area contributed by atoms with Crippen molar-refractivity contribution in [2.75, 3.05) is 0 Å². The van der Waals surface area contributed by atoms with Gasteiger partial charge in [0.1, 0.15) is 0 Å². The van der Waals surface area contributed by atoms with Crippen LogP contribution in [0, 0.1) is 6.92 Å². The summed E-state index contributed by atoms with van der Waals surface area (Å²) >= 11 is 1.91. The Bertz CT molecular complexity index is 576. The maximum atomic E-state index is 4.61. The summed E-state index contributed by atoms with van der Waals surface area (Å²) in [5, 5.41) is 3.78. The summed E-state index contributed by atoms with van der Waals surface area (Å²) in [6, 6.07) is 9.67. The molecule has 2 heterocycles. The van der Waals surface area contributed by atoms with Gasteiger partial charge in [-0.2, -0.15) is 0 Å². The first kappa shape index (κ1) is 13.8. The summed E-state index contributed by atoms with van der Waals surface area (Å²) < 4.78 is 0. The van der Waals surface area contributed by atoms with Crippen molar-refractivity contribution in [1.29, 1.82) is 0 Å². The Balaban J connectivity index is 1.66. The lowest BCUT2D eigenvalue weighted by Crippen LogP contribution is -2.34. The fourth-order valence-corrected chi connectivity index (χ4v) is 4.09. The third-order valence-electron chi connectivity index (χ3n) is 3.98. The summed E-state index contributed by atoms with van der Waals surface area (Å²) in [7, 11) is 0. The first-order valence-electron chi connectivity index (χ1n) is 7.47. The van der Waals surface area contributed by atoms with Gasteiger partial charge in [-0.25, -0.2) is 0 Å². The van der Waals surface area contributed by atoms with Crippen molar-refractivity contribution in [1.82, 2.24) is 10.3 Å². The van der Waals surface area contributed by atoms with Crippen molar-refractivity contribution in [2.45, 2.75) is 51.6 Å². The largest absolute Gasteiger partial charge is 0.306 e. The molecule has 0 saturated carbocycles. The summed E-state index contributed by atoms with van der Waals surface area (Å²) in [6.07, 6.45) is 6.68. The van der Waals surface area contributed by atoms with Crippen molar-refractivity contribution in [3.05, 3.63) is 51.5 Å². The number of aryl methyl sites for hydroxylation is 2. The van der Waals surface area contributed by atoms with E-state index in [-0.39, 0.29) is 0 Å². The van der Waals surface area contributed by atoms with Crippen LogP contribution in [0.2, 0.25) is 0 Å². The second-order valence-corrected chi connectivity index (χ2v) is 7.15. The number of nitrogens with one attached hydrogen (secondary N) is 1. The second-order valence-electron chi connectivity index (χ2n) is 5.78. The van der Waals surface area contributed by atoms with Crippen LogP contribution in [0.25, 0.3) is 0 Å². The molecule has 2 atom stereocenters. The standard InChI is InChI=1S/C17H22N2S/c1-12(11-15-9-8-13(2)20-15)19-16-7-3-5-14-6-4-10-18-17(14)16/h4,6,8-10,12,16,19H,3,5,7,11H2,1-2H3. The quantitative estimate of drug-likeness (QED) is 0.917. The molecule has 0 bridgehead atoms. The normalized spacial score (nSPS) is 19.6. The van der Waals surface area contributed by atoms with Gasteiger partial charge in [0, 0.05) is 28.0 Å². The van der Waals surface area contributed by atoms with E-state index in [2.05, 4.69) is 48.4 Å². The van der Waals surface area contributed by atoms with Gasteiger partial charge in [0.25, 0.3) is 0 Å². The Morgan fingerprint density at radius 3 is 3.10 bits per heavy atom. The lowest BCUT2D eigenvalue weighted by molar-refractivity contribution is 0.399. The highest BCUT2D eigenvalue weighted by atomic mass is 32.1. The fraction of sp³-hybridized carbons (Fsp3) is 0.471. The number of nitrogens with zero attached hydrogens (tertiary/aromatic N) is 1. The highest BCUT2D eigenvalue weighted by Gasteiger charge is 2.22. The van der Waals surface area contributed by atoms with E-state index in [0.717, 1.165) is 6.42 Å². The van der Waals surface area contributed by atoms with E-state index in [1.165, 1.54) is 40.3 Å². The van der Waals surface area contributed by atoms with Crippen LogP contribution < -0.4 is 5.32 Å². The second kappa shape index (κ2) is 6.06. The van der Waals surface area contributed by atoms with Gasteiger partial charge >= 0.3 is 0 Å². The van der Waals surface area contributed by atoms with E-state index < -0.39 is 0 Å². The molecule has 0 amide bonds. The van der Waals surface area contributed by atoms with Gasteiger partial charge in [0.15, 0.2) is 0 Å². The van der Waals surface area contributed by atoms with Crippen molar-refractivity contribution >= 4 is 11.3 Å². The molecule has 1 aliphatic rings. The highest BCUT2D eigenvalue weighted by Crippen LogP contribution is 2.28. The van der Waals surface area contributed by atoms with Gasteiger partial charge in [-0.3, -0.25) is 4.98 Å². The lowest BCUT2D eigenvalue weighted by Gasteiger charge is -2.28. The highest BCUT2D eigenvalue weighted by molar-refractivity contribution is 7.11. The monoisotopic (exact) mass is 286 g/mol. The van der Waals surface area contributed by atoms with Crippen LogP contribution in [0.3, 0.4) is 0 Å². The summed E-state index contributed by atoms with van der Waals surface area (Å²) in [6.45, 7) is 4.46. The lowest BCUT2D eigenvalue weighted by atomic mass is 9.91. The number of thiophene rings is 1. The molecule has 0 fully saturated rings. The van der Waals surface area contributed by atoms with E-state index in [1.54, 1.807) is 0 Å². The topological polar surface area (TPSA) is 24.9 Å². The minimum Gasteiger partial charge on any atom is -0.306 e. The van der Waals surface area contributed by atoms with Crippen molar-refractivity contribution in [3.63, 3.8) is 0 Å². The summed E-state index contributed by atoms with van der Waals surface area (Å²) in [4.78, 5) is 7.48. The van der Waals surface area contributed by atoms with E-state index in [1.807, 2.05) is 17.5 Å². The van der Waals surface area contributed by atoms with Gasteiger partial charge in [-0.1, -0.05) is 6.07 Å². The van der Waals surface area contributed by atoms with Crippen LogP contribution in [-0.4, -0.2) is 11.0 Å². The molecule has 2 nitrogen and oxygen atoms in total. The Kier molecular flexibility index (Phi) is 4.18. The zero-order chi connectivity index (χ0) is 13.9. The van der Waals surface area contributed by atoms with Crippen LogP contribution in [0.4, 0.5) is 0 Å². The molecule has 0 saturated heterocycles. The minimum absolute atomic E-state index is 0.427. The van der Waals surface area contributed by atoms with Gasteiger partial charge < -0.3 is 5.32 Å². The smallest absolute Gasteiger partial charge is 0.0605 e. The minimum atomic E-state index is 0.427. The van der Waals surface area contributed by atoms with Gasteiger partial charge in [0.2, 0.25) is 0 Å². The molecule has 2 aromatic rings. The maximum Gasteiger partial charge on any atom is 0.0605 e. The van der Waals surface area contributed by atoms with E-state index in [9.17, 15) is 0 Å². The fourth-order valence-electron chi connectivity index (χ4n) is 3.07. The molecule has 3 rings (SSSR count). The third kappa shape index (κ3) is 3.10. The number of pyridine rings is 1. The number of hydrogen-bond donors (Lipinski definition) is 1. The molecule has 2 unspecified atom stereocenters. The van der Waals surface area contributed by atoms with Crippen LogP contribution in [0.15, 0.2) is 30.5 Å². The molecule has 0 spiro atoms. The molecule has 0 aromatic carbocycles. The molecule has 1 N–H and O–H groups in total. The van der Waals surface area contributed by atoms with Crippen LogP contribution in [0.5, 0.6) is 0 Å². The molecule has 1 aliphatic carbocycles. The molecule has 3 heteroatoms. The third-order valence-corrected chi connectivity index (χ3v) is 5.01. The van der Waals surface area contributed by atoms with Crippen LogP contribution in [-0.2, 0) is 12.8 Å². The molecule has 0 aliphatic heterocycles. The van der Waals surface area contributed by atoms with Gasteiger partial charge in [-0.15, -0.1) is 11.3 Å². The summed E-state index contributed by atoms with van der Waals surface area (Å²) in [5.74, 6) is 0. The zero-order valence-electron chi connectivity index (χ0n) is 12.2. The average Bonchev–Trinajstić information content (AvgIpc) is 2.84. The molecule has 20 heavy (non-hydrogen) atoms. The number of hydrogen-bond acceptors (Lipinski definition) is 3. The molecular weight excluding hydrogens is 264 g/mol. The predicted octanol–water partition coefficient (Wildman–Crippen LogP) is 4.05. The maximum absolute atomic E-state index is 4.61. The average molecular weight is 286 g/mol. The molecule has 2 aromatic heterocycles. The first-order valence-corrected chi connectivity index (χ1v) is 8.29. The number of fused-ring (bicyclic) bond motifs is 1. The number of aromatic nitrogens is 1. The van der Waals surface area contributed by atoms with Gasteiger partial charge in [0.05, 0.1) is 5.69 Å². The Morgan fingerprint density at radius 2 is 2.30 bits per heavy atom. The predicted molar refractivity (Wildman–Crippen MR) is 85.3 cm³/mol. The van der Waals surface area contributed by atoms with Crippen LogP contribution in [0.1, 0.15) is 46.8 Å². The Labute approximate surface area is 125 Å². The van der Waals surface area contributed by atoms with Crippen molar-refractivity contribution < 1.29 is 0 Å². The van der Waals surface area contributed by atoms with Gasteiger partial charge in [-0.05, 0) is 63.3 Å². The SMILES string of the molecule is Cc1ccc(CC(C)NC2CCCc3cccnc32)s1. The Hall–Kier alpha value is -1.19. The van der Waals surface area contributed by atoms with Crippen molar-refractivity contribution in [3.8, 4) is 0 Å². The van der Waals surface area contributed by atoms with Crippen molar-refractivity contribution in [2.24, 2.45) is 0 Å². The first-order chi connectivity index (χ1) is 9.72. The van der Waals surface area contributed by atoms with E-state index in [4.69, 9.17) is 0 Å². The summed E-state index contributed by atoms with van der Waals surface area (Å²) in [5.41, 5.74) is 2.70. The molecule has 0 radical (unpaired) electrons. The molecular formula is C17H22N2S. The number of rotatable bonds is 4. The van der Waals surface area contributed by atoms with E-state index in [0.29, 0.717) is 12.1 Å². The Morgan fingerprint density at radius 1 is 1.40 bits per heavy atom. The van der Waals surface area contributed by atoms with E-state index >= 15 is 0 Å². The zero-order valence-corrected chi connectivity index (χ0v) is 13.0. The van der Waals surface area contributed by atoms with Crippen LogP contribution >= 0.6 is 11.3 Å². The molecule has 106 valence electrons.